The van der Waals surface area contributed by atoms with Crippen molar-refractivity contribution >= 4 is 11.3 Å². The number of rotatable bonds is 7. The molecule has 0 spiro atoms. The summed E-state index contributed by atoms with van der Waals surface area (Å²) < 4.78 is 5.64. The van der Waals surface area contributed by atoms with Crippen molar-refractivity contribution in [1.29, 1.82) is 0 Å². The lowest BCUT2D eigenvalue weighted by molar-refractivity contribution is 0.0787. The molecule has 0 radical (unpaired) electrons. The Kier molecular flexibility index (Phi) is 5.76. The van der Waals surface area contributed by atoms with Crippen molar-refractivity contribution in [2.24, 2.45) is 0 Å². The predicted octanol–water partition coefficient (Wildman–Crippen LogP) is 3.26. The molecule has 1 unspecified atom stereocenters. The highest BCUT2D eigenvalue weighted by Gasteiger charge is 2.31. The molecule has 0 aliphatic heterocycles. The van der Waals surface area contributed by atoms with Gasteiger partial charge in [-0.15, -0.1) is 11.3 Å². The zero-order valence-electron chi connectivity index (χ0n) is 12.5. The van der Waals surface area contributed by atoms with Gasteiger partial charge in [-0.1, -0.05) is 6.92 Å². The molecule has 1 N–H and O–H groups in total. The first kappa shape index (κ1) is 15.6. The highest BCUT2D eigenvalue weighted by Crippen LogP contribution is 2.29. The summed E-state index contributed by atoms with van der Waals surface area (Å²) in [7, 11) is 0. The number of nitrogens with zero attached hydrogens (tertiary/aromatic N) is 1. The number of hydrogen-bond donors (Lipinski definition) is 1. The fraction of sp³-hybridized carbons (Fsp3) is 0.786. The molecule has 0 amide bonds. The van der Waals surface area contributed by atoms with Gasteiger partial charge in [0.2, 0.25) is 0 Å². The van der Waals surface area contributed by atoms with E-state index in [0.717, 1.165) is 18.0 Å². The number of aryl methyl sites for hydroxylation is 2. The highest BCUT2D eigenvalue weighted by atomic mass is 32.1. The van der Waals surface area contributed by atoms with E-state index in [1.165, 1.54) is 10.6 Å². The van der Waals surface area contributed by atoms with E-state index in [-0.39, 0.29) is 5.54 Å². The van der Waals surface area contributed by atoms with Crippen LogP contribution < -0.4 is 5.32 Å². The van der Waals surface area contributed by atoms with E-state index in [0.29, 0.717) is 12.6 Å². The van der Waals surface area contributed by atoms with E-state index < -0.39 is 0 Å². The quantitative estimate of drug-likeness (QED) is 0.826. The summed E-state index contributed by atoms with van der Waals surface area (Å²) in [6, 6.07) is 0.407. The molecule has 0 saturated heterocycles. The van der Waals surface area contributed by atoms with Crippen molar-refractivity contribution in [3.05, 3.63) is 15.6 Å². The van der Waals surface area contributed by atoms with E-state index >= 15 is 0 Å². The van der Waals surface area contributed by atoms with E-state index in [4.69, 9.17) is 9.72 Å². The second-order valence-corrected chi connectivity index (χ2v) is 6.35. The lowest BCUT2D eigenvalue weighted by Gasteiger charge is -2.30. The Hall–Kier alpha value is -0.450. The van der Waals surface area contributed by atoms with Crippen molar-refractivity contribution < 1.29 is 4.74 Å². The molecule has 0 saturated carbocycles. The maximum Gasteiger partial charge on any atom is 0.115 e. The van der Waals surface area contributed by atoms with E-state index in [9.17, 15) is 0 Å². The minimum Gasteiger partial charge on any atom is -0.379 e. The van der Waals surface area contributed by atoms with Gasteiger partial charge in [0.25, 0.3) is 0 Å². The molecular weight excluding hydrogens is 244 g/mol. The van der Waals surface area contributed by atoms with E-state index in [1.807, 2.05) is 6.92 Å². The summed E-state index contributed by atoms with van der Waals surface area (Å²) in [5, 5.41) is 4.73. The van der Waals surface area contributed by atoms with Crippen LogP contribution in [0.5, 0.6) is 0 Å². The molecule has 0 bridgehead atoms. The SMILES string of the molecule is CCOCC(C)(NC(C)C)c1nc(CC)c(C)s1. The van der Waals surface area contributed by atoms with Gasteiger partial charge in [0.05, 0.1) is 17.8 Å². The number of hydrogen-bond acceptors (Lipinski definition) is 4. The normalized spacial score (nSPS) is 15.1. The molecule has 104 valence electrons. The third-order valence-corrected chi connectivity index (χ3v) is 4.18. The maximum absolute atomic E-state index is 5.64. The molecule has 1 aromatic rings. The number of ether oxygens (including phenoxy) is 1. The minimum absolute atomic E-state index is 0.187. The van der Waals surface area contributed by atoms with Crippen LogP contribution in [-0.4, -0.2) is 24.2 Å². The molecule has 1 atom stereocenters. The standard InChI is InChI=1S/C14H26N2OS/c1-7-12-11(5)18-13(15-12)14(6,9-17-8-2)16-10(3)4/h10,16H,7-9H2,1-6H3. The maximum atomic E-state index is 5.64. The van der Waals surface area contributed by atoms with Crippen LogP contribution in [0.2, 0.25) is 0 Å². The monoisotopic (exact) mass is 270 g/mol. The molecule has 1 aromatic heterocycles. The molecular formula is C14H26N2OS. The van der Waals surface area contributed by atoms with Gasteiger partial charge in [0.15, 0.2) is 0 Å². The van der Waals surface area contributed by atoms with Crippen LogP contribution in [0.3, 0.4) is 0 Å². The Morgan fingerprint density at radius 3 is 2.50 bits per heavy atom. The van der Waals surface area contributed by atoms with Gasteiger partial charge >= 0.3 is 0 Å². The fourth-order valence-corrected chi connectivity index (χ4v) is 3.20. The first-order chi connectivity index (χ1) is 8.42. The first-order valence-electron chi connectivity index (χ1n) is 6.75. The Labute approximate surface area is 115 Å². The molecule has 0 aromatic carbocycles. The largest absolute Gasteiger partial charge is 0.379 e. The Bertz CT molecular complexity index is 376. The smallest absolute Gasteiger partial charge is 0.115 e. The van der Waals surface area contributed by atoms with Gasteiger partial charge in [-0.2, -0.15) is 0 Å². The van der Waals surface area contributed by atoms with Gasteiger partial charge < -0.3 is 10.1 Å². The van der Waals surface area contributed by atoms with Crippen molar-refractivity contribution in [1.82, 2.24) is 10.3 Å². The molecule has 0 aliphatic rings. The lowest BCUT2D eigenvalue weighted by Crippen LogP contribution is -2.47. The Morgan fingerprint density at radius 1 is 1.39 bits per heavy atom. The summed E-state index contributed by atoms with van der Waals surface area (Å²) in [5.41, 5.74) is 1.02. The molecule has 1 heterocycles. The summed E-state index contributed by atoms with van der Waals surface area (Å²) in [6.07, 6.45) is 0.995. The van der Waals surface area contributed by atoms with Crippen molar-refractivity contribution in [3.63, 3.8) is 0 Å². The molecule has 0 fully saturated rings. The molecule has 3 nitrogen and oxygen atoms in total. The molecule has 4 heteroatoms. The second-order valence-electron chi connectivity index (χ2n) is 5.14. The van der Waals surface area contributed by atoms with Crippen LogP contribution in [0.25, 0.3) is 0 Å². The van der Waals surface area contributed by atoms with Crippen LogP contribution in [0.1, 0.15) is 50.2 Å². The van der Waals surface area contributed by atoms with Crippen LogP contribution in [0, 0.1) is 6.92 Å². The van der Waals surface area contributed by atoms with Gasteiger partial charge in [-0.25, -0.2) is 4.98 Å². The van der Waals surface area contributed by atoms with Crippen molar-refractivity contribution in [2.75, 3.05) is 13.2 Å². The van der Waals surface area contributed by atoms with Gasteiger partial charge in [0.1, 0.15) is 5.01 Å². The third-order valence-electron chi connectivity index (χ3n) is 2.90. The van der Waals surface area contributed by atoms with Gasteiger partial charge in [-0.3, -0.25) is 0 Å². The zero-order chi connectivity index (χ0) is 13.8. The third kappa shape index (κ3) is 3.77. The summed E-state index contributed by atoms with van der Waals surface area (Å²) in [6.45, 7) is 14.2. The molecule has 18 heavy (non-hydrogen) atoms. The van der Waals surface area contributed by atoms with Crippen LogP contribution in [-0.2, 0) is 16.7 Å². The average molecular weight is 270 g/mol. The van der Waals surface area contributed by atoms with Crippen molar-refractivity contribution in [2.45, 2.75) is 59.5 Å². The van der Waals surface area contributed by atoms with Crippen LogP contribution in [0.15, 0.2) is 0 Å². The van der Waals surface area contributed by atoms with E-state index in [2.05, 4.69) is 39.9 Å². The number of thiazole rings is 1. The van der Waals surface area contributed by atoms with Crippen LogP contribution in [0.4, 0.5) is 0 Å². The topological polar surface area (TPSA) is 34.1 Å². The number of aromatic nitrogens is 1. The Balaban J connectivity index is 2.99. The molecule has 1 rings (SSSR count). The number of nitrogens with one attached hydrogen (secondary N) is 1. The Morgan fingerprint density at radius 2 is 2.06 bits per heavy atom. The average Bonchev–Trinajstić information content (AvgIpc) is 2.67. The summed E-state index contributed by atoms with van der Waals surface area (Å²) in [4.78, 5) is 6.10. The molecule has 0 aliphatic carbocycles. The van der Waals surface area contributed by atoms with Crippen LogP contribution >= 0.6 is 11.3 Å². The zero-order valence-corrected chi connectivity index (χ0v) is 13.3. The first-order valence-corrected chi connectivity index (χ1v) is 7.56. The summed E-state index contributed by atoms with van der Waals surface area (Å²) >= 11 is 1.78. The van der Waals surface area contributed by atoms with Gasteiger partial charge in [0, 0.05) is 17.5 Å². The van der Waals surface area contributed by atoms with Gasteiger partial charge in [-0.05, 0) is 41.0 Å². The minimum atomic E-state index is -0.187. The lowest BCUT2D eigenvalue weighted by atomic mass is 10.0. The second kappa shape index (κ2) is 6.64. The summed E-state index contributed by atoms with van der Waals surface area (Å²) in [5.74, 6) is 0. The fourth-order valence-electron chi connectivity index (χ4n) is 2.10. The van der Waals surface area contributed by atoms with E-state index in [1.54, 1.807) is 11.3 Å². The predicted molar refractivity (Wildman–Crippen MR) is 78.3 cm³/mol. The highest BCUT2D eigenvalue weighted by molar-refractivity contribution is 7.11. The van der Waals surface area contributed by atoms with Crippen molar-refractivity contribution in [3.8, 4) is 0 Å².